The van der Waals surface area contributed by atoms with E-state index in [0.717, 1.165) is 6.07 Å². The van der Waals surface area contributed by atoms with Crippen LogP contribution in [0.5, 0.6) is 0 Å². The van der Waals surface area contributed by atoms with Crippen LogP contribution < -0.4 is 5.32 Å². The highest BCUT2D eigenvalue weighted by Gasteiger charge is 2.23. The Morgan fingerprint density at radius 1 is 1.37 bits per heavy atom. The first kappa shape index (κ1) is 15.8. The van der Waals surface area contributed by atoms with Crippen molar-refractivity contribution in [3.05, 3.63) is 35.1 Å². The predicted octanol–water partition coefficient (Wildman–Crippen LogP) is 1.95. The van der Waals surface area contributed by atoms with Crippen LogP contribution >= 0.6 is 11.8 Å². The molecule has 0 radical (unpaired) electrons. The van der Waals surface area contributed by atoms with Gasteiger partial charge in [-0.15, -0.1) is 0 Å². The summed E-state index contributed by atoms with van der Waals surface area (Å²) in [6.07, 6.45) is 1.78. The van der Waals surface area contributed by atoms with Gasteiger partial charge in [0, 0.05) is 12.3 Å². The molecule has 0 bridgehead atoms. The van der Waals surface area contributed by atoms with Crippen molar-refractivity contribution in [2.24, 2.45) is 0 Å². The third-order valence-electron chi connectivity index (χ3n) is 2.36. The molecular weight excluding hydrogens is 279 g/mol. The van der Waals surface area contributed by atoms with Crippen LogP contribution in [0.15, 0.2) is 12.1 Å². The van der Waals surface area contributed by atoms with Crippen LogP contribution in [0.4, 0.5) is 13.2 Å². The standard InChI is InChI=1S/C12H14F3NO2S/c1-12(18,6-19-2)5-16-11(17)7-3-4-8(13)10(15)9(7)14/h3-4,18H,5-6H2,1-2H3,(H,16,17). The van der Waals surface area contributed by atoms with Crippen LogP contribution in [-0.4, -0.2) is 35.2 Å². The first-order valence-electron chi connectivity index (χ1n) is 5.41. The highest BCUT2D eigenvalue weighted by molar-refractivity contribution is 7.98. The van der Waals surface area contributed by atoms with Crippen molar-refractivity contribution < 1.29 is 23.1 Å². The van der Waals surface area contributed by atoms with E-state index >= 15 is 0 Å². The van der Waals surface area contributed by atoms with Gasteiger partial charge in [0.15, 0.2) is 17.5 Å². The molecular formula is C12H14F3NO2S. The van der Waals surface area contributed by atoms with E-state index in [2.05, 4.69) is 5.32 Å². The zero-order chi connectivity index (χ0) is 14.6. The van der Waals surface area contributed by atoms with Gasteiger partial charge in [-0.2, -0.15) is 11.8 Å². The van der Waals surface area contributed by atoms with Gasteiger partial charge in [-0.25, -0.2) is 13.2 Å². The highest BCUT2D eigenvalue weighted by atomic mass is 32.2. The number of hydrogen-bond donors (Lipinski definition) is 2. The third-order valence-corrected chi connectivity index (χ3v) is 3.28. The first-order chi connectivity index (χ1) is 8.78. The van der Waals surface area contributed by atoms with E-state index in [1.807, 2.05) is 0 Å². The second-order valence-electron chi connectivity index (χ2n) is 4.34. The summed E-state index contributed by atoms with van der Waals surface area (Å²) in [6, 6.07) is 1.53. The third kappa shape index (κ3) is 4.14. The number of benzene rings is 1. The van der Waals surface area contributed by atoms with Crippen molar-refractivity contribution in [3.8, 4) is 0 Å². The number of nitrogens with one attached hydrogen (secondary N) is 1. The lowest BCUT2D eigenvalue weighted by Crippen LogP contribution is -2.42. The van der Waals surface area contributed by atoms with Crippen LogP contribution in [0.2, 0.25) is 0 Å². The molecule has 0 aliphatic rings. The smallest absolute Gasteiger partial charge is 0.254 e. The summed E-state index contributed by atoms with van der Waals surface area (Å²) in [5, 5.41) is 12.1. The molecule has 0 aromatic heterocycles. The monoisotopic (exact) mass is 293 g/mol. The molecule has 1 amide bonds. The fraction of sp³-hybridized carbons (Fsp3) is 0.417. The van der Waals surface area contributed by atoms with Gasteiger partial charge in [-0.3, -0.25) is 4.79 Å². The average Bonchev–Trinajstić information content (AvgIpc) is 2.33. The molecule has 0 aliphatic carbocycles. The van der Waals surface area contributed by atoms with E-state index < -0.39 is 34.5 Å². The number of carbonyl (C=O) groups is 1. The lowest BCUT2D eigenvalue weighted by atomic mass is 10.1. The summed E-state index contributed by atoms with van der Waals surface area (Å²) < 4.78 is 39.0. The normalized spacial score (nSPS) is 14.0. The molecule has 0 saturated carbocycles. The fourth-order valence-corrected chi connectivity index (χ4v) is 2.15. The van der Waals surface area contributed by atoms with Gasteiger partial charge in [0.2, 0.25) is 0 Å². The average molecular weight is 293 g/mol. The summed E-state index contributed by atoms with van der Waals surface area (Å²) in [7, 11) is 0. The number of thioether (sulfide) groups is 1. The molecule has 3 nitrogen and oxygen atoms in total. The Kier molecular flexibility index (Phi) is 5.25. The van der Waals surface area contributed by atoms with Gasteiger partial charge >= 0.3 is 0 Å². The Morgan fingerprint density at radius 2 is 2.00 bits per heavy atom. The fourth-order valence-electron chi connectivity index (χ4n) is 1.43. The van der Waals surface area contributed by atoms with Crippen molar-refractivity contribution in [1.82, 2.24) is 5.32 Å². The van der Waals surface area contributed by atoms with Crippen LogP contribution in [-0.2, 0) is 0 Å². The number of hydrogen-bond acceptors (Lipinski definition) is 3. The van der Waals surface area contributed by atoms with Gasteiger partial charge in [-0.05, 0) is 25.3 Å². The molecule has 0 fully saturated rings. The Hall–Kier alpha value is -1.21. The lowest BCUT2D eigenvalue weighted by molar-refractivity contribution is 0.0722. The Labute approximate surface area is 113 Å². The molecule has 2 N–H and O–H groups in total. The van der Waals surface area contributed by atoms with Gasteiger partial charge in [0.1, 0.15) is 0 Å². The molecule has 19 heavy (non-hydrogen) atoms. The molecule has 0 spiro atoms. The van der Waals surface area contributed by atoms with Crippen LogP contribution in [0.25, 0.3) is 0 Å². The predicted molar refractivity (Wildman–Crippen MR) is 67.7 cm³/mol. The summed E-state index contributed by atoms with van der Waals surface area (Å²) in [4.78, 5) is 11.6. The number of rotatable bonds is 5. The van der Waals surface area contributed by atoms with Crippen LogP contribution in [0, 0.1) is 17.5 Å². The molecule has 0 saturated heterocycles. The van der Waals surface area contributed by atoms with Crippen molar-refractivity contribution in [2.75, 3.05) is 18.6 Å². The van der Waals surface area contributed by atoms with Crippen molar-refractivity contribution >= 4 is 17.7 Å². The molecule has 106 valence electrons. The van der Waals surface area contributed by atoms with Crippen molar-refractivity contribution in [2.45, 2.75) is 12.5 Å². The van der Waals surface area contributed by atoms with Gasteiger partial charge in [0.05, 0.1) is 11.2 Å². The van der Waals surface area contributed by atoms with E-state index in [-0.39, 0.29) is 6.54 Å². The van der Waals surface area contributed by atoms with E-state index in [4.69, 9.17) is 0 Å². The van der Waals surface area contributed by atoms with Gasteiger partial charge in [-0.1, -0.05) is 0 Å². The number of amides is 1. The van der Waals surface area contributed by atoms with Gasteiger partial charge < -0.3 is 10.4 Å². The second kappa shape index (κ2) is 6.29. The summed E-state index contributed by atoms with van der Waals surface area (Å²) in [5.41, 5.74) is -1.76. The molecule has 1 aromatic carbocycles. The molecule has 1 rings (SSSR count). The molecule has 1 aromatic rings. The van der Waals surface area contributed by atoms with E-state index in [0.29, 0.717) is 11.8 Å². The van der Waals surface area contributed by atoms with Crippen molar-refractivity contribution in [3.63, 3.8) is 0 Å². The topological polar surface area (TPSA) is 49.3 Å². The Morgan fingerprint density at radius 3 is 2.58 bits per heavy atom. The maximum atomic E-state index is 13.3. The first-order valence-corrected chi connectivity index (χ1v) is 6.81. The Bertz CT molecular complexity index is 480. The lowest BCUT2D eigenvalue weighted by Gasteiger charge is -2.22. The van der Waals surface area contributed by atoms with E-state index in [1.165, 1.54) is 18.7 Å². The minimum Gasteiger partial charge on any atom is -0.387 e. The van der Waals surface area contributed by atoms with Crippen molar-refractivity contribution in [1.29, 1.82) is 0 Å². The number of aliphatic hydroxyl groups is 1. The minimum atomic E-state index is -1.69. The maximum Gasteiger partial charge on any atom is 0.254 e. The zero-order valence-electron chi connectivity index (χ0n) is 10.5. The second-order valence-corrected chi connectivity index (χ2v) is 5.20. The number of carbonyl (C=O) groups excluding carboxylic acids is 1. The largest absolute Gasteiger partial charge is 0.387 e. The minimum absolute atomic E-state index is 0.120. The zero-order valence-corrected chi connectivity index (χ0v) is 11.3. The summed E-state index contributed by atoms with van der Waals surface area (Å²) in [5.74, 6) is -5.13. The summed E-state index contributed by atoms with van der Waals surface area (Å²) in [6.45, 7) is 1.39. The molecule has 0 heterocycles. The van der Waals surface area contributed by atoms with Crippen LogP contribution in [0.3, 0.4) is 0 Å². The number of halogens is 3. The SMILES string of the molecule is CSCC(C)(O)CNC(=O)c1ccc(F)c(F)c1F. The van der Waals surface area contributed by atoms with E-state index in [1.54, 1.807) is 6.26 Å². The molecule has 1 atom stereocenters. The maximum absolute atomic E-state index is 13.3. The van der Waals surface area contributed by atoms with Crippen LogP contribution in [0.1, 0.15) is 17.3 Å². The highest BCUT2D eigenvalue weighted by Crippen LogP contribution is 2.15. The summed E-state index contributed by atoms with van der Waals surface area (Å²) >= 11 is 1.38. The molecule has 1 unspecified atom stereocenters. The molecule has 7 heteroatoms. The Balaban J connectivity index is 2.77. The molecule has 0 aliphatic heterocycles. The van der Waals surface area contributed by atoms with Gasteiger partial charge in [0.25, 0.3) is 5.91 Å². The quantitative estimate of drug-likeness (QED) is 0.816. The van der Waals surface area contributed by atoms with E-state index in [9.17, 15) is 23.1 Å².